The van der Waals surface area contributed by atoms with Gasteiger partial charge in [-0.15, -0.1) is 0 Å². The number of anilines is 3. The molecule has 0 spiro atoms. The van der Waals surface area contributed by atoms with E-state index in [4.69, 9.17) is 21.3 Å². The van der Waals surface area contributed by atoms with Gasteiger partial charge in [0.2, 0.25) is 0 Å². The quantitative estimate of drug-likeness (QED) is 0.257. The Hall–Kier alpha value is -3.59. The second-order valence-electron chi connectivity index (χ2n) is 8.50. The first-order valence-corrected chi connectivity index (χ1v) is 13.7. The molecule has 0 aromatic heterocycles. The van der Waals surface area contributed by atoms with E-state index >= 15 is 0 Å². The summed E-state index contributed by atoms with van der Waals surface area (Å²) in [5.41, 5.74) is 3.32. The average Bonchev–Trinajstić information content (AvgIpc) is 2.84. The van der Waals surface area contributed by atoms with Gasteiger partial charge < -0.3 is 14.4 Å². The average molecular weight is 461 g/mol. The third-order valence-electron chi connectivity index (χ3n) is 6.79. The van der Waals surface area contributed by atoms with Crippen molar-refractivity contribution in [3.63, 3.8) is 0 Å². The summed E-state index contributed by atoms with van der Waals surface area (Å²) in [6, 6.07) is 31.2. The largest absolute Gasteiger partial charge is 0.456 e. The second-order valence-corrected chi connectivity index (χ2v) is 12.7. The first kappa shape index (κ1) is 17.9. The molecule has 0 saturated heterocycles. The van der Waals surface area contributed by atoms with Gasteiger partial charge in [-0.05, 0) is 47.9 Å². The standard InChI is InChI=1S/C28H16NO2PS/c33-32-26-20-11-4-13-22(26)30-24-15-6-16-25(28(24)32)31-23-14-5-12-21(27(23)32)29(20)19-10-3-8-17-7-1-2-9-18(17)19/h1-16H. The monoisotopic (exact) mass is 461 g/mol. The van der Waals surface area contributed by atoms with Crippen LogP contribution in [0.3, 0.4) is 0 Å². The summed E-state index contributed by atoms with van der Waals surface area (Å²) in [7, 11) is 0. The predicted molar refractivity (Wildman–Crippen MR) is 138 cm³/mol. The molecule has 0 N–H and O–H groups in total. The first-order valence-electron chi connectivity index (χ1n) is 10.9. The minimum atomic E-state index is -2.36. The van der Waals surface area contributed by atoms with Crippen molar-refractivity contribution in [3.8, 4) is 23.0 Å². The van der Waals surface area contributed by atoms with E-state index in [0.29, 0.717) is 0 Å². The van der Waals surface area contributed by atoms with Crippen molar-refractivity contribution in [3.05, 3.63) is 97.1 Å². The smallest absolute Gasteiger partial charge is 0.140 e. The van der Waals surface area contributed by atoms with Crippen LogP contribution in [0.1, 0.15) is 0 Å². The number of fused-ring (bicyclic) bond motifs is 1. The van der Waals surface area contributed by atoms with Crippen molar-refractivity contribution < 1.29 is 9.47 Å². The van der Waals surface area contributed by atoms with E-state index in [2.05, 4.69) is 71.6 Å². The van der Waals surface area contributed by atoms with Gasteiger partial charge in [0.15, 0.2) is 0 Å². The summed E-state index contributed by atoms with van der Waals surface area (Å²) >= 11 is 6.71. The molecule has 0 amide bonds. The summed E-state index contributed by atoms with van der Waals surface area (Å²) < 4.78 is 12.9. The highest BCUT2D eigenvalue weighted by atomic mass is 32.4. The van der Waals surface area contributed by atoms with Gasteiger partial charge in [0.1, 0.15) is 23.0 Å². The molecule has 0 aliphatic carbocycles. The van der Waals surface area contributed by atoms with Crippen LogP contribution in [0.25, 0.3) is 10.8 Å². The van der Waals surface area contributed by atoms with Gasteiger partial charge >= 0.3 is 0 Å². The number of rotatable bonds is 1. The summed E-state index contributed by atoms with van der Waals surface area (Å²) in [6.45, 7) is 0. The van der Waals surface area contributed by atoms with Crippen molar-refractivity contribution in [1.29, 1.82) is 0 Å². The van der Waals surface area contributed by atoms with Crippen LogP contribution in [-0.4, -0.2) is 0 Å². The van der Waals surface area contributed by atoms with Crippen LogP contribution in [0.15, 0.2) is 97.1 Å². The Balaban J connectivity index is 1.56. The fourth-order valence-electron chi connectivity index (χ4n) is 5.52. The van der Waals surface area contributed by atoms with Crippen LogP contribution >= 0.6 is 6.04 Å². The number of ether oxygens (including phenoxy) is 2. The topological polar surface area (TPSA) is 21.7 Å². The summed E-state index contributed by atoms with van der Waals surface area (Å²) in [6.07, 6.45) is 0. The van der Waals surface area contributed by atoms with E-state index in [0.717, 1.165) is 56.0 Å². The zero-order valence-corrected chi connectivity index (χ0v) is 19.1. The van der Waals surface area contributed by atoms with E-state index in [1.165, 1.54) is 10.8 Å². The first-order chi connectivity index (χ1) is 16.2. The molecule has 0 bridgehead atoms. The lowest BCUT2D eigenvalue weighted by molar-refractivity contribution is 0.466. The number of nitrogens with zero attached hydrogens (tertiary/aromatic N) is 1. The molecule has 3 nitrogen and oxygen atoms in total. The van der Waals surface area contributed by atoms with Crippen LogP contribution in [0.4, 0.5) is 17.1 Å². The Kier molecular flexibility index (Phi) is 3.28. The maximum Gasteiger partial charge on any atom is 0.140 e. The zero-order valence-electron chi connectivity index (χ0n) is 17.4. The van der Waals surface area contributed by atoms with Gasteiger partial charge in [0, 0.05) is 5.39 Å². The van der Waals surface area contributed by atoms with Crippen LogP contribution in [0.5, 0.6) is 23.0 Å². The van der Waals surface area contributed by atoms with Crippen LogP contribution in [-0.2, 0) is 11.8 Å². The van der Waals surface area contributed by atoms with E-state index in [1.807, 2.05) is 30.3 Å². The number of hydrogen-bond donors (Lipinski definition) is 0. The summed E-state index contributed by atoms with van der Waals surface area (Å²) in [4.78, 5) is 2.34. The molecule has 3 heterocycles. The zero-order chi connectivity index (χ0) is 21.7. The minimum Gasteiger partial charge on any atom is -0.456 e. The lowest BCUT2D eigenvalue weighted by Crippen LogP contribution is -2.42. The Morgan fingerprint density at radius 2 is 1.00 bits per heavy atom. The Bertz CT molecular complexity index is 1640. The van der Waals surface area contributed by atoms with Crippen molar-refractivity contribution in [2.24, 2.45) is 0 Å². The minimum absolute atomic E-state index is 0.819. The third kappa shape index (κ3) is 2.09. The number of benzene rings is 5. The molecule has 5 heteroatoms. The normalized spacial score (nSPS) is 15.5. The van der Waals surface area contributed by atoms with Gasteiger partial charge in [0.05, 0.1) is 39.0 Å². The maximum atomic E-state index is 6.71. The van der Waals surface area contributed by atoms with Crippen molar-refractivity contribution in [2.45, 2.75) is 0 Å². The molecule has 5 aromatic carbocycles. The highest BCUT2D eigenvalue weighted by Gasteiger charge is 2.49. The highest BCUT2D eigenvalue weighted by molar-refractivity contribution is 8.26. The van der Waals surface area contributed by atoms with Crippen molar-refractivity contribution in [2.75, 3.05) is 4.90 Å². The SMILES string of the molecule is S=P12c3c4cccc3Oc3cccc(c31)N(c1cccc3ccccc13)c1cccc(c12)O4. The van der Waals surface area contributed by atoms with E-state index < -0.39 is 6.04 Å². The lowest BCUT2D eigenvalue weighted by Gasteiger charge is -2.45. The van der Waals surface area contributed by atoms with E-state index in [-0.39, 0.29) is 0 Å². The molecule has 0 radical (unpaired) electrons. The van der Waals surface area contributed by atoms with Gasteiger partial charge in [-0.2, -0.15) is 0 Å². The third-order valence-corrected chi connectivity index (χ3v) is 11.7. The molecule has 3 aliphatic heterocycles. The Labute approximate surface area is 195 Å². The van der Waals surface area contributed by atoms with Gasteiger partial charge in [-0.3, -0.25) is 0 Å². The molecule has 0 saturated carbocycles. The fraction of sp³-hybridized carbons (Fsp3) is 0. The van der Waals surface area contributed by atoms with Crippen LogP contribution < -0.4 is 30.3 Å². The molecule has 0 atom stereocenters. The van der Waals surface area contributed by atoms with Crippen LogP contribution in [0, 0.1) is 0 Å². The predicted octanol–water partition coefficient (Wildman–Crippen LogP) is 6.59. The fourth-order valence-corrected chi connectivity index (χ4v) is 10.6. The second kappa shape index (κ2) is 6.05. The highest BCUT2D eigenvalue weighted by Crippen LogP contribution is 2.65. The Morgan fingerprint density at radius 3 is 1.67 bits per heavy atom. The molecule has 5 aromatic rings. The molecule has 156 valence electrons. The molecule has 3 aliphatic rings. The van der Waals surface area contributed by atoms with Gasteiger partial charge in [-0.25, -0.2) is 0 Å². The van der Waals surface area contributed by atoms with Crippen molar-refractivity contribution in [1.82, 2.24) is 0 Å². The van der Waals surface area contributed by atoms with Crippen molar-refractivity contribution >= 4 is 61.6 Å². The molecule has 33 heavy (non-hydrogen) atoms. The van der Waals surface area contributed by atoms with E-state index in [9.17, 15) is 0 Å². The molecule has 8 rings (SSSR count). The Morgan fingerprint density at radius 1 is 0.515 bits per heavy atom. The lowest BCUT2D eigenvalue weighted by atomic mass is 10.1. The summed E-state index contributed by atoms with van der Waals surface area (Å²) in [5.74, 6) is 3.35. The van der Waals surface area contributed by atoms with E-state index in [1.54, 1.807) is 0 Å². The molecular weight excluding hydrogens is 445 g/mol. The van der Waals surface area contributed by atoms with Gasteiger partial charge in [-0.1, -0.05) is 66.4 Å². The molecule has 0 unspecified atom stereocenters. The van der Waals surface area contributed by atoms with Gasteiger partial charge in [0.25, 0.3) is 0 Å². The maximum absolute atomic E-state index is 6.71. The van der Waals surface area contributed by atoms with Crippen LogP contribution in [0.2, 0.25) is 0 Å². The summed E-state index contributed by atoms with van der Waals surface area (Å²) in [5, 5.41) is 5.68. The number of hydrogen-bond acceptors (Lipinski definition) is 4. The molecular formula is C28H16NO2PS. The molecule has 0 fully saturated rings.